The molecule has 0 atom stereocenters. The summed E-state index contributed by atoms with van der Waals surface area (Å²) in [6.45, 7) is 0.604. The molecular weight excluding hydrogens is 224 g/mol. The molecule has 0 aromatic carbocycles. The van der Waals surface area contributed by atoms with Crippen LogP contribution in [0.25, 0.3) is 0 Å². The van der Waals surface area contributed by atoms with Crippen LogP contribution in [0, 0.1) is 0 Å². The number of halogens is 1. The van der Waals surface area contributed by atoms with E-state index < -0.39 is 29.4 Å². The van der Waals surface area contributed by atoms with Crippen LogP contribution in [0.1, 0.15) is 26.2 Å². The van der Waals surface area contributed by atoms with Gasteiger partial charge >= 0.3 is 5.97 Å². The van der Waals surface area contributed by atoms with Gasteiger partial charge in [-0.15, -0.1) is 0 Å². The molecule has 0 amide bonds. The van der Waals surface area contributed by atoms with Gasteiger partial charge in [0.1, 0.15) is 0 Å². The molecule has 0 N–H and O–H groups in total. The van der Waals surface area contributed by atoms with Crippen molar-refractivity contribution in [1.29, 1.82) is 0 Å². The molecule has 0 fully saturated rings. The summed E-state index contributed by atoms with van der Waals surface area (Å²) in [6, 6.07) is 0. The smallest absolute Gasteiger partial charge is 0.303 e. The molecule has 0 radical (unpaired) electrons. The Bertz CT molecular complexity index is 284. The van der Waals surface area contributed by atoms with Crippen molar-refractivity contribution >= 4 is 34.4 Å². The van der Waals surface area contributed by atoms with Crippen LogP contribution in [0.2, 0.25) is 0 Å². The first-order chi connectivity index (χ1) is 6.93. The van der Waals surface area contributed by atoms with Crippen LogP contribution in [0.15, 0.2) is 0 Å². The third kappa shape index (κ3) is 7.81. The summed E-state index contributed by atoms with van der Waals surface area (Å²) in [4.78, 5) is 42.7. The quantitative estimate of drug-likeness (QED) is 0.367. The average molecular weight is 235 g/mol. The van der Waals surface area contributed by atoms with E-state index in [1.807, 2.05) is 0 Å². The number of rotatable bonds is 7. The molecule has 0 unspecified atom stereocenters. The maximum atomic E-state index is 11.0. The highest BCUT2D eigenvalue weighted by atomic mass is 35.5. The predicted molar refractivity (Wildman–Crippen MR) is 51.4 cm³/mol. The zero-order valence-electron chi connectivity index (χ0n) is 8.25. The summed E-state index contributed by atoms with van der Waals surface area (Å²) in [7, 11) is 0. The Kier molecular flexibility index (Phi) is 6.53. The first-order valence-electron chi connectivity index (χ1n) is 4.31. The lowest BCUT2D eigenvalue weighted by atomic mass is 10.1. The fourth-order valence-corrected chi connectivity index (χ4v) is 0.909. The summed E-state index contributed by atoms with van der Waals surface area (Å²) in [5, 5.41) is -0.546. The zero-order valence-corrected chi connectivity index (χ0v) is 9.00. The van der Waals surface area contributed by atoms with Crippen molar-refractivity contribution in [2.75, 3.05) is 6.61 Å². The van der Waals surface area contributed by atoms with Crippen LogP contribution in [0.3, 0.4) is 0 Å². The minimum Gasteiger partial charge on any atom is -0.457 e. The molecule has 84 valence electrons. The van der Waals surface area contributed by atoms with Crippen molar-refractivity contribution in [3.63, 3.8) is 0 Å². The molecule has 0 saturated heterocycles. The summed E-state index contributed by atoms with van der Waals surface area (Å²) in [5.74, 6) is -2.05. The van der Waals surface area contributed by atoms with E-state index in [1.54, 1.807) is 0 Å². The molecule has 0 rings (SSSR count). The van der Waals surface area contributed by atoms with E-state index in [0.717, 1.165) is 6.92 Å². The minimum atomic E-state index is -0.771. The van der Waals surface area contributed by atoms with Gasteiger partial charge in [0.05, 0.1) is 0 Å². The van der Waals surface area contributed by atoms with Gasteiger partial charge in [-0.1, -0.05) is 0 Å². The number of carbonyl (C=O) groups is 4. The van der Waals surface area contributed by atoms with Crippen LogP contribution < -0.4 is 0 Å². The molecule has 0 spiro atoms. The largest absolute Gasteiger partial charge is 0.457 e. The maximum Gasteiger partial charge on any atom is 0.303 e. The Morgan fingerprint density at radius 1 is 1.07 bits per heavy atom. The Labute approximate surface area is 91.7 Å². The standard InChI is InChI=1S/C9H11ClO5/c1-6(11)15-5-8(13)7(12)3-2-4-9(10)14/h2-5H2,1H3. The van der Waals surface area contributed by atoms with E-state index in [2.05, 4.69) is 4.74 Å². The maximum absolute atomic E-state index is 11.0. The lowest BCUT2D eigenvalue weighted by Gasteiger charge is -1.99. The minimum absolute atomic E-state index is 0.0497. The second kappa shape index (κ2) is 7.11. The third-order valence-corrected chi connectivity index (χ3v) is 1.68. The van der Waals surface area contributed by atoms with Crippen molar-refractivity contribution in [2.45, 2.75) is 26.2 Å². The summed E-state index contributed by atoms with van der Waals surface area (Å²) in [6.07, 6.45) is 0.222. The van der Waals surface area contributed by atoms with Crippen molar-refractivity contribution in [2.24, 2.45) is 0 Å². The van der Waals surface area contributed by atoms with Crippen LogP contribution in [-0.2, 0) is 23.9 Å². The number of Topliss-reactive ketones (excluding diaryl/α,β-unsaturated/α-hetero) is 2. The highest BCUT2D eigenvalue weighted by molar-refractivity contribution is 6.63. The van der Waals surface area contributed by atoms with E-state index in [1.165, 1.54) is 0 Å². The van der Waals surface area contributed by atoms with E-state index in [4.69, 9.17) is 11.6 Å². The molecule has 0 aliphatic rings. The molecule has 5 nitrogen and oxygen atoms in total. The molecule has 0 aromatic rings. The van der Waals surface area contributed by atoms with Gasteiger partial charge in [0.25, 0.3) is 0 Å². The number of esters is 1. The topological polar surface area (TPSA) is 77.5 Å². The van der Waals surface area contributed by atoms with E-state index in [-0.39, 0.29) is 19.3 Å². The Morgan fingerprint density at radius 2 is 1.67 bits per heavy atom. The van der Waals surface area contributed by atoms with Crippen molar-refractivity contribution in [3.8, 4) is 0 Å². The monoisotopic (exact) mass is 234 g/mol. The number of hydrogen-bond donors (Lipinski definition) is 0. The lowest BCUT2D eigenvalue weighted by molar-refractivity contribution is -0.148. The molecule has 0 aromatic heterocycles. The molecule has 0 aliphatic carbocycles. The van der Waals surface area contributed by atoms with Crippen LogP contribution in [0.4, 0.5) is 0 Å². The Morgan fingerprint density at radius 3 is 2.13 bits per heavy atom. The fourth-order valence-electron chi connectivity index (χ4n) is 0.775. The average Bonchev–Trinajstić information content (AvgIpc) is 2.13. The number of carbonyl (C=O) groups excluding carboxylic acids is 4. The fraction of sp³-hybridized carbons (Fsp3) is 0.556. The number of ether oxygens (including phenoxy) is 1. The van der Waals surface area contributed by atoms with Gasteiger partial charge in [-0.05, 0) is 18.0 Å². The highest BCUT2D eigenvalue weighted by Crippen LogP contribution is 2.00. The molecule has 0 heterocycles. The van der Waals surface area contributed by atoms with Gasteiger partial charge < -0.3 is 4.74 Å². The Hall–Kier alpha value is -1.23. The SMILES string of the molecule is CC(=O)OCC(=O)C(=O)CCCC(=O)Cl. The van der Waals surface area contributed by atoms with Gasteiger partial charge in [0.15, 0.2) is 6.61 Å². The predicted octanol–water partition coefficient (Wildman–Crippen LogP) is 0.623. The number of ketones is 2. The van der Waals surface area contributed by atoms with Gasteiger partial charge in [-0.3, -0.25) is 19.2 Å². The van der Waals surface area contributed by atoms with Gasteiger partial charge in [-0.25, -0.2) is 0 Å². The van der Waals surface area contributed by atoms with Crippen molar-refractivity contribution in [1.82, 2.24) is 0 Å². The van der Waals surface area contributed by atoms with Gasteiger partial charge in [0, 0.05) is 19.8 Å². The summed E-state index contributed by atoms with van der Waals surface area (Å²) >= 11 is 5.04. The summed E-state index contributed by atoms with van der Waals surface area (Å²) in [5.41, 5.74) is 0. The molecule has 6 heteroatoms. The van der Waals surface area contributed by atoms with E-state index in [9.17, 15) is 19.2 Å². The Balaban J connectivity index is 3.74. The normalized spacial score (nSPS) is 9.47. The van der Waals surface area contributed by atoms with Crippen molar-refractivity contribution < 1.29 is 23.9 Å². The molecule has 0 aliphatic heterocycles. The first kappa shape index (κ1) is 13.8. The molecule has 0 bridgehead atoms. The molecular formula is C9H11ClO5. The number of hydrogen-bond acceptors (Lipinski definition) is 5. The van der Waals surface area contributed by atoms with Gasteiger partial charge in [0.2, 0.25) is 16.8 Å². The third-order valence-electron chi connectivity index (χ3n) is 1.49. The van der Waals surface area contributed by atoms with Crippen molar-refractivity contribution in [3.05, 3.63) is 0 Å². The molecule has 0 saturated carbocycles. The second-order valence-corrected chi connectivity index (χ2v) is 3.26. The van der Waals surface area contributed by atoms with Crippen LogP contribution >= 0.6 is 11.6 Å². The van der Waals surface area contributed by atoms with E-state index in [0.29, 0.717) is 0 Å². The van der Waals surface area contributed by atoms with Gasteiger partial charge in [-0.2, -0.15) is 0 Å². The first-order valence-corrected chi connectivity index (χ1v) is 4.69. The zero-order chi connectivity index (χ0) is 11.8. The van der Waals surface area contributed by atoms with E-state index >= 15 is 0 Å². The summed E-state index contributed by atoms with van der Waals surface area (Å²) < 4.78 is 4.35. The van der Waals surface area contributed by atoms with Crippen LogP contribution in [0.5, 0.6) is 0 Å². The molecule has 15 heavy (non-hydrogen) atoms. The second-order valence-electron chi connectivity index (χ2n) is 2.84. The lowest BCUT2D eigenvalue weighted by Crippen LogP contribution is -2.21. The van der Waals surface area contributed by atoms with Crippen LogP contribution in [-0.4, -0.2) is 29.4 Å². The highest BCUT2D eigenvalue weighted by Gasteiger charge is 2.14.